The predicted octanol–water partition coefficient (Wildman–Crippen LogP) is 3.45. The summed E-state index contributed by atoms with van der Waals surface area (Å²) in [7, 11) is 3.09. The number of carbonyl (C=O) groups is 1. The summed E-state index contributed by atoms with van der Waals surface area (Å²) >= 11 is 0. The second-order valence-corrected chi connectivity index (χ2v) is 6.14. The maximum absolute atomic E-state index is 12.4. The highest BCUT2D eigenvalue weighted by Gasteiger charge is 2.12. The van der Waals surface area contributed by atoms with Gasteiger partial charge in [0.05, 0.1) is 14.2 Å². The molecule has 0 aliphatic heterocycles. The highest BCUT2D eigenvalue weighted by Crippen LogP contribution is 2.26. The zero-order valence-electron chi connectivity index (χ0n) is 15.8. The Morgan fingerprint density at radius 1 is 1.21 bits per heavy atom. The summed E-state index contributed by atoms with van der Waals surface area (Å²) < 4.78 is 10.5. The molecule has 1 heterocycles. The van der Waals surface area contributed by atoms with Gasteiger partial charge in [-0.05, 0) is 36.3 Å². The van der Waals surface area contributed by atoms with Crippen LogP contribution >= 0.6 is 0 Å². The lowest BCUT2D eigenvalue weighted by atomic mass is 10.1. The van der Waals surface area contributed by atoms with Crippen molar-refractivity contribution < 1.29 is 14.3 Å². The molecule has 0 radical (unpaired) electrons. The van der Waals surface area contributed by atoms with Crippen LogP contribution in [-0.2, 0) is 11.2 Å². The fourth-order valence-electron chi connectivity index (χ4n) is 2.99. The number of hydrogen-bond donors (Lipinski definition) is 2. The predicted molar refractivity (Wildman–Crippen MR) is 108 cm³/mol. The van der Waals surface area contributed by atoms with E-state index >= 15 is 0 Å². The first kappa shape index (κ1) is 19.1. The van der Waals surface area contributed by atoms with Crippen LogP contribution in [-0.4, -0.2) is 31.7 Å². The largest absolute Gasteiger partial charge is 0.497 e. The number of aromatic nitrogens is 1. The third kappa shape index (κ3) is 4.15. The number of methoxy groups -OCH3 is 2. The summed E-state index contributed by atoms with van der Waals surface area (Å²) in [5.41, 5.74) is 2.83. The highest BCUT2D eigenvalue weighted by atomic mass is 16.5. The Hall–Kier alpha value is -3.72. The molecule has 2 N–H and O–H groups in total. The van der Waals surface area contributed by atoms with Crippen molar-refractivity contribution in [3.05, 3.63) is 65.4 Å². The second-order valence-electron chi connectivity index (χ2n) is 6.14. The molecule has 0 saturated heterocycles. The standard InChI is InChI=1S/C22H21N3O3/c1-27-18-8-7-15(21(12-18)28-2)11-17(13-23)22(26)24-10-9-16-14-25-20-6-4-3-5-19(16)20/h3-8,11-12,14,25H,9-10H2,1-2H3,(H,24,26)/b17-11-. The molecule has 0 saturated carbocycles. The summed E-state index contributed by atoms with van der Waals surface area (Å²) in [4.78, 5) is 15.6. The summed E-state index contributed by atoms with van der Waals surface area (Å²) in [6, 6.07) is 15.2. The topological polar surface area (TPSA) is 87.1 Å². The van der Waals surface area contributed by atoms with Crippen molar-refractivity contribution in [3.8, 4) is 17.6 Å². The number of nitrogens with zero attached hydrogens (tertiary/aromatic N) is 1. The fourth-order valence-corrected chi connectivity index (χ4v) is 2.99. The monoisotopic (exact) mass is 375 g/mol. The van der Waals surface area contributed by atoms with Crippen molar-refractivity contribution in [1.82, 2.24) is 10.3 Å². The van der Waals surface area contributed by atoms with Gasteiger partial charge in [0.25, 0.3) is 5.91 Å². The van der Waals surface area contributed by atoms with Gasteiger partial charge in [-0.15, -0.1) is 0 Å². The van der Waals surface area contributed by atoms with E-state index in [4.69, 9.17) is 9.47 Å². The van der Waals surface area contributed by atoms with E-state index in [-0.39, 0.29) is 5.57 Å². The molecule has 1 aromatic heterocycles. The highest BCUT2D eigenvalue weighted by molar-refractivity contribution is 6.02. The zero-order chi connectivity index (χ0) is 19.9. The van der Waals surface area contributed by atoms with Crippen molar-refractivity contribution in [2.75, 3.05) is 20.8 Å². The van der Waals surface area contributed by atoms with Crippen LogP contribution in [0.2, 0.25) is 0 Å². The van der Waals surface area contributed by atoms with E-state index in [1.165, 1.54) is 13.2 Å². The van der Waals surface area contributed by atoms with Gasteiger partial charge in [0.15, 0.2) is 0 Å². The van der Waals surface area contributed by atoms with Crippen LogP contribution in [0, 0.1) is 11.3 Å². The lowest BCUT2D eigenvalue weighted by molar-refractivity contribution is -0.117. The number of H-pyrrole nitrogens is 1. The maximum Gasteiger partial charge on any atom is 0.261 e. The Labute approximate surface area is 163 Å². The molecule has 6 heteroatoms. The van der Waals surface area contributed by atoms with Crippen LogP contribution in [0.15, 0.2) is 54.2 Å². The molecule has 0 bridgehead atoms. The lowest BCUT2D eigenvalue weighted by Gasteiger charge is -2.08. The third-order valence-corrected chi connectivity index (χ3v) is 4.46. The molecule has 2 aromatic carbocycles. The summed E-state index contributed by atoms with van der Waals surface area (Å²) in [5.74, 6) is 0.745. The van der Waals surface area contributed by atoms with Crippen molar-refractivity contribution >= 4 is 22.9 Å². The molecule has 0 unspecified atom stereocenters. The minimum atomic E-state index is -0.416. The van der Waals surface area contributed by atoms with Gasteiger partial charge in [0.1, 0.15) is 23.1 Å². The van der Waals surface area contributed by atoms with Crippen LogP contribution in [0.5, 0.6) is 11.5 Å². The Kier molecular flexibility index (Phi) is 5.97. The van der Waals surface area contributed by atoms with E-state index in [0.717, 1.165) is 16.5 Å². The number of nitrogens with one attached hydrogen (secondary N) is 2. The summed E-state index contributed by atoms with van der Waals surface area (Å²) in [6.07, 6.45) is 4.12. The first-order chi connectivity index (χ1) is 13.7. The Morgan fingerprint density at radius 3 is 2.79 bits per heavy atom. The Bertz CT molecular complexity index is 1060. The van der Waals surface area contributed by atoms with Gasteiger partial charge in [0.2, 0.25) is 0 Å². The van der Waals surface area contributed by atoms with E-state index in [9.17, 15) is 10.1 Å². The number of nitriles is 1. The Morgan fingerprint density at radius 2 is 2.04 bits per heavy atom. The summed E-state index contributed by atoms with van der Waals surface area (Å²) in [6.45, 7) is 0.430. The second kappa shape index (κ2) is 8.78. The van der Waals surface area contributed by atoms with Crippen molar-refractivity contribution in [2.45, 2.75) is 6.42 Å². The fraction of sp³-hybridized carbons (Fsp3) is 0.182. The molecule has 0 aliphatic rings. The number of para-hydroxylation sites is 1. The van der Waals surface area contributed by atoms with Crippen LogP contribution in [0.25, 0.3) is 17.0 Å². The van der Waals surface area contributed by atoms with Crippen LogP contribution in [0.1, 0.15) is 11.1 Å². The van der Waals surface area contributed by atoms with E-state index in [2.05, 4.69) is 10.3 Å². The first-order valence-corrected chi connectivity index (χ1v) is 8.83. The molecular formula is C22H21N3O3. The average Bonchev–Trinajstić information content (AvgIpc) is 3.15. The quantitative estimate of drug-likeness (QED) is 0.489. The van der Waals surface area contributed by atoms with Gasteiger partial charge in [-0.3, -0.25) is 4.79 Å². The number of hydrogen-bond acceptors (Lipinski definition) is 4. The molecule has 142 valence electrons. The van der Waals surface area contributed by atoms with E-state index in [1.54, 1.807) is 25.3 Å². The van der Waals surface area contributed by atoms with Crippen molar-refractivity contribution in [1.29, 1.82) is 5.26 Å². The number of amides is 1. The summed E-state index contributed by atoms with van der Waals surface area (Å²) in [5, 5.41) is 13.3. The normalized spacial score (nSPS) is 11.1. The molecular weight excluding hydrogens is 354 g/mol. The van der Waals surface area contributed by atoms with Gasteiger partial charge < -0.3 is 19.8 Å². The number of ether oxygens (including phenoxy) is 2. The zero-order valence-corrected chi connectivity index (χ0v) is 15.8. The van der Waals surface area contributed by atoms with Gasteiger partial charge >= 0.3 is 0 Å². The van der Waals surface area contributed by atoms with E-state index in [1.807, 2.05) is 36.5 Å². The SMILES string of the molecule is COc1ccc(/C=C(/C#N)C(=O)NCCc2c[nH]c3ccccc23)c(OC)c1. The maximum atomic E-state index is 12.4. The molecule has 0 aliphatic carbocycles. The van der Waals surface area contributed by atoms with Gasteiger partial charge in [-0.25, -0.2) is 0 Å². The molecule has 3 rings (SSSR count). The molecule has 1 amide bonds. The molecule has 28 heavy (non-hydrogen) atoms. The van der Waals surface area contributed by atoms with Gasteiger partial charge in [-0.2, -0.15) is 5.26 Å². The first-order valence-electron chi connectivity index (χ1n) is 8.83. The number of carbonyl (C=O) groups excluding carboxylic acids is 1. The molecule has 0 atom stereocenters. The molecule has 0 spiro atoms. The number of benzene rings is 2. The third-order valence-electron chi connectivity index (χ3n) is 4.46. The number of rotatable bonds is 7. The molecule has 0 fully saturated rings. The minimum absolute atomic E-state index is 0.0161. The molecule has 6 nitrogen and oxygen atoms in total. The van der Waals surface area contributed by atoms with Crippen molar-refractivity contribution in [3.63, 3.8) is 0 Å². The van der Waals surface area contributed by atoms with E-state index in [0.29, 0.717) is 30.0 Å². The number of aromatic amines is 1. The average molecular weight is 375 g/mol. The van der Waals surface area contributed by atoms with E-state index < -0.39 is 5.91 Å². The lowest BCUT2D eigenvalue weighted by Crippen LogP contribution is -2.26. The van der Waals surface area contributed by atoms with Crippen molar-refractivity contribution in [2.24, 2.45) is 0 Å². The minimum Gasteiger partial charge on any atom is -0.497 e. The van der Waals surface area contributed by atoms with Gasteiger partial charge in [0, 0.05) is 35.3 Å². The van der Waals surface area contributed by atoms with Crippen LogP contribution in [0.3, 0.4) is 0 Å². The smallest absolute Gasteiger partial charge is 0.261 e. The van der Waals surface area contributed by atoms with Gasteiger partial charge in [-0.1, -0.05) is 18.2 Å². The number of fused-ring (bicyclic) bond motifs is 1. The molecule has 3 aromatic rings. The van der Waals surface area contributed by atoms with Crippen LogP contribution < -0.4 is 14.8 Å². The Balaban J connectivity index is 1.68. The van der Waals surface area contributed by atoms with Crippen LogP contribution in [0.4, 0.5) is 0 Å².